The second-order valence-electron chi connectivity index (χ2n) is 7.74. The molecule has 8 nitrogen and oxygen atoms in total. The molecule has 1 N–H and O–H groups in total. The molecule has 3 atom stereocenters. The third-order valence-electron chi connectivity index (χ3n) is 5.50. The van der Waals surface area contributed by atoms with Crippen LogP contribution in [0.25, 0.3) is 0 Å². The van der Waals surface area contributed by atoms with E-state index in [9.17, 15) is 24.3 Å². The first-order valence-corrected chi connectivity index (χ1v) is 9.03. The van der Waals surface area contributed by atoms with Gasteiger partial charge < -0.3 is 19.6 Å². The van der Waals surface area contributed by atoms with Crippen LogP contribution in [0.15, 0.2) is 0 Å². The van der Waals surface area contributed by atoms with Crippen LogP contribution in [0, 0.1) is 23.2 Å². The first-order chi connectivity index (χ1) is 12.1. The molecule has 0 aromatic carbocycles. The summed E-state index contributed by atoms with van der Waals surface area (Å²) in [4.78, 5) is 51.1. The third kappa shape index (κ3) is 3.99. The summed E-state index contributed by atoms with van der Waals surface area (Å²) >= 11 is 0. The third-order valence-corrected chi connectivity index (χ3v) is 5.50. The van der Waals surface area contributed by atoms with Crippen LogP contribution in [-0.2, 0) is 23.9 Å². The first kappa shape index (κ1) is 20.2. The number of nitrogens with zero attached hydrogens (tertiary/aromatic N) is 2. The first-order valence-electron chi connectivity index (χ1n) is 9.03. The minimum Gasteiger partial charge on any atom is -0.481 e. The molecule has 26 heavy (non-hydrogen) atoms. The van der Waals surface area contributed by atoms with Crippen molar-refractivity contribution in [3.05, 3.63) is 0 Å². The molecule has 0 bridgehead atoms. The average Bonchev–Trinajstić information content (AvgIpc) is 3.17. The zero-order valence-electron chi connectivity index (χ0n) is 15.9. The standard InChI is InChI=1S/C18H28N2O6/c1-5-26-17(25)11-7-6-8-20(9-11)12(21)10-19(4)15(22)13-14(16(23)24)18(13,2)3/h11,13-14H,5-10H2,1-4H3,(H,23,24)/t11?,13-,14+/m0/s1. The Morgan fingerprint density at radius 1 is 1.23 bits per heavy atom. The van der Waals surface area contributed by atoms with Crippen LogP contribution in [0.2, 0.25) is 0 Å². The number of piperidine rings is 1. The lowest BCUT2D eigenvalue weighted by molar-refractivity contribution is -0.152. The SMILES string of the molecule is CCOC(=O)C1CCCN(C(=O)CN(C)C(=O)[C@@H]2[C@H](C(=O)O)C2(C)C)C1. The Labute approximate surface area is 153 Å². The lowest BCUT2D eigenvalue weighted by atomic mass is 9.98. The van der Waals surface area contributed by atoms with Crippen LogP contribution in [0.4, 0.5) is 0 Å². The van der Waals surface area contributed by atoms with E-state index in [1.54, 1.807) is 25.7 Å². The number of carboxylic acids is 1. The molecule has 0 radical (unpaired) electrons. The zero-order chi connectivity index (χ0) is 19.6. The molecular formula is C18H28N2O6. The molecule has 1 aliphatic carbocycles. The van der Waals surface area contributed by atoms with Crippen LogP contribution in [-0.4, -0.2) is 71.9 Å². The minimum absolute atomic E-state index is 0.118. The number of carboxylic acid groups (broad SMARTS) is 1. The van der Waals surface area contributed by atoms with Crippen molar-refractivity contribution in [2.24, 2.45) is 23.2 Å². The summed E-state index contributed by atoms with van der Waals surface area (Å²) in [5, 5.41) is 9.21. The maximum absolute atomic E-state index is 12.5. The Bertz CT molecular complexity index is 602. The zero-order valence-corrected chi connectivity index (χ0v) is 15.9. The monoisotopic (exact) mass is 368 g/mol. The topological polar surface area (TPSA) is 104 Å². The predicted molar refractivity (Wildman–Crippen MR) is 92.0 cm³/mol. The number of hydrogen-bond acceptors (Lipinski definition) is 5. The number of esters is 1. The summed E-state index contributed by atoms with van der Waals surface area (Å²) in [6.07, 6.45) is 1.40. The van der Waals surface area contributed by atoms with Crippen LogP contribution in [0.5, 0.6) is 0 Å². The highest BCUT2D eigenvalue weighted by Crippen LogP contribution is 2.58. The molecular weight excluding hydrogens is 340 g/mol. The van der Waals surface area contributed by atoms with E-state index in [-0.39, 0.29) is 30.2 Å². The van der Waals surface area contributed by atoms with Crippen molar-refractivity contribution in [3.63, 3.8) is 0 Å². The van der Waals surface area contributed by atoms with E-state index in [1.807, 2.05) is 0 Å². The maximum atomic E-state index is 12.5. The Kier molecular flexibility index (Phi) is 5.93. The van der Waals surface area contributed by atoms with E-state index in [0.717, 1.165) is 0 Å². The fourth-order valence-electron chi connectivity index (χ4n) is 3.83. The molecule has 1 heterocycles. The fraction of sp³-hybridized carbons (Fsp3) is 0.778. The number of ether oxygens (including phenoxy) is 1. The van der Waals surface area contributed by atoms with E-state index in [1.165, 1.54) is 11.9 Å². The smallest absolute Gasteiger partial charge is 0.310 e. The van der Waals surface area contributed by atoms with Crippen LogP contribution < -0.4 is 0 Å². The van der Waals surface area contributed by atoms with Gasteiger partial charge in [0.15, 0.2) is 0 Å². The van der Waals surface area contributed by atoms with Crippen molar-refractivity contribution in [2.45, 2.75) is 33.6 Å². The van der Waals surface area contributed by atoms with Crippen molar-refractivity contribution in [2.75, 3.05) is 33.3 Å². The number of likely N-dealkylation sites (N-methyl/N-ethyl adjacent to an activating group) is 1. The van der Waals surface area contributed by atoms with Crippen molar-refractivity contribution < 1.29 is 29.0 Å². The molecule has 0 spiro atoms. The van der Waals surface area contributed by atoms with Crippen molar-refractivity contribution in [3.8, 4) is 0 Å². The number of carbonyl (C=O) groups is 4. The Morgan fingerprint density at radius 2 is 1.88 bits per heavy atom. The molecule has 1 aliphatic heterocycles. The molecule has 2 rings (SSSR count). The van der Waals surface area contributed by atoms with E-state index in [4.69, 9.17) is 4.74 Å². The molecule has 2 fully saturated rings. The molecule has 1 saturated heterocycles. The predicted octanol–water partition coefficient (Wildman–Crippen LogP) is 0.603. The molecule has 146 valence electrons. The number of aliphatic carboxylic acids is 1. The Hall–Kier alpha value is -2.12. The highest BCUT2D eigenvalue weighted by atomic mass is 16.5. The lowest BCUT2D eigenvalue weighted by Crippen LogP contribution is -2.47. The van der Waals surface area contributed by atoms with Crippen molar-refractivity contribution >= 4 is 23.8 Å². The van der Waals surface area contributed by atoms with Gasteiger partial charge in [-0.3, -0.25) is 19.2 Å². The van der Waals surface area contributed by atoms with Gasteiger partial charge in [0, 0.05) is 20.1 Å². The van der Waals surface area contributed by atoms with Gasteiger partial charge in [-0.25, -0.2) is 0 Å². The number of amides is 2. The summed E-state index contributed by atoms with van der Waals surface area (Å²) in [5.74, 6) is -3.48. The van der Waals surface area contributed by atoms with Gasteiger partial charge in [0.2, 0.25) is 11.8 Å². The van der Waals surface area contributed by atoms with Gasteiger partial charge in [0.1, 0.15) is 0 Å². The van der Waals surface area contributed by atoms with Crippen molar-refractivity contribution in [1.82, 2.24) is 9.80 Å². The van der Waals surface area contributed by atoms with Gasteiger partial charge in [0.05, 0.1) is 30.9 Å². The van der Waals surface area contributed by atoms with Gasteiger partial charge in [0.25, 0.3) is 0 Å². The number of likely N-dealkylation sites (tertiary alicyclic amines) is 1. The van der Waals surface area contributed by atoms with Crippen LogP contribution in [0.1, 0.15) is 33.6 Å². The maximum Gasteiger partial charge on any atom is 0.310 e. The van der Waals surface area contributed by atoms with Gasteiger partial charge in [-0.15, -0.1) is 0 Å². The van der Waals surface area contributed by atoms with Gasteiger partial charge in [-0.1, -0.05) is 13.8 Å². The lowest BCUT2D eigenvalue weighted by Gasteiger charge is -2.32. The highest BCUT2D eigenvalue weighted by Gasteiger charge is 2.66. The Morgan fingerprint density at radius 3 is 2.42 bits per heavy atom. The second kappa shape index (κ2) is 7.63. The summed E-state index contributed by atoms with van der Waals surface area (Å²) in [7, 11) is 1.51. The van der Waals surface area contributed by atoms with Gasteiger partial charge in [-0.2, -0.15) is 0 Å². The van der Waals surface area contributed by atoms with Gasteiger partial charge >= 0.3 is 11.9 Å². The molecule has 2 amide bonds. The van der Waals surface area contributed by atoms with Crippen molar-refractivity contribution in [1.29, 1.82) is 0 Å². The van der Waals surface area contributed by atoms with E-state index in [2.05, 4.69) is 0 Å². The normalized spacial score (nSPS) is 26.8. The van der Waals surface area contributed by atoms with E-state index in [0.29, 0.717) is 32.5 Å². The molecule has 0 aromatic rings. The summed E-state index contributed by atoms with van der Waals surface area (Å²) < 4.78 is 5.03. The minimum atomic E-state index is -0.985. The highest BCUT2D eigenvalue weighted by molar-refractivity contribution is 5.93. The molecule has 2 aliphatic rings. The Balaban J connectivity index is 1.91. The molecule has 8 heteroatoms. The number of rotatable bonds is 6. The number of carbonyl (C=O) groups excluding carboxylic acids is 3. The van der Waals surface area contributed by atoms with Gasteiger partial charge in [-0.05, 0) is 25.2 Å². The summed E-state index contributed by atoms with van der Waals surface area (Å²) in [5.41, 5.74) is -0.597. The quantitative estimate of drug-likeness (QED) is 0.689. The molecule has 1 saturated carbocycles. The fourth-order valence-corrected chi connectivity index (χ4v) is 3.83. The summed E-state index contributed by atoms with van der Waals surface area (Å²) in [6, 6.07) is 0. The largest absolute Gasteiger partial charge is 0.481 e. The molecule has 1 unspecified atom stereocenters. The number of hydrogen-bond donors (Lipinski definition) is 1. The van der Waals surface area contributed by atoms with E-state index < -0.39 is 23.2 Å². The second-order valence-corrected chi connectivity index (χ2v) is 7.74. The van der Waals surface area contributed by atoms with Crippen LogP contribution >= 0.6 is 0 Å². The molecule has 0 aromatic heterocycles. The summed E-state index contributed by atoms with van der Waals surface area (Å²) in [6.45, 7) is 6.27. The van der Waals surface area contributed by atoms with Crippen LogP contribution in [0.3, 0.4) is 0 Å². The average molecular weight is 368 g/mol. The van der Waals surface area contributed by atoms with E-state index >= 15 is 0 Å².